The molecule has 22 heavy (non-hydrogen) atoms. The molecule has 0 saturated carbocycles. The van der Waals surface area contributed by atoms with E-state index >= 15 is 0 Å². The van der Waals surface area contributed by atoms with Gasteiger partial charge >= 0.3 is 0 Å². The van der Waals surface area contributed by atoms with Gasteiger partial charge in [0.05, 0.1) is 24.1 Å². The van der Waals surface area contributed by atoms with Gasteiger partial charge in [-0.3, -0.25) is 4.79 Å². The molecule has 1 aliphatic heterocycles. The third-order valence-electron chi connectivity index (χ3n) is 3.68. The van der Waals surface area contributed by atoms with Gasteiger partial charge in [0.25, 0.3) is 0 Å². The molecule has 118 valence electrons. The van der Waals surface area contributed by atoms with Gasteiger partial charge in [0, 0.05) is 19.4 Å². The zero-order valence-electron chi connectivity index (χ0n) is 12.5. The van der Waals surface area contributed by atoms with Gasteiger partial charge in [0.15, 0.2) is 0 Å². The van der Waals surface area contributed by atoms with Crippen LogP contribution >= 0.6 is 11.3 Å². The lowest BCUT2D eigenvalue weighted by Crippen LogP contribution is -2.47. The quantitative estimate of drug-likeness (QED) is 0.845. The van der Waals surface area contributed by atoms with Gasteiger partial charge in [0.2, 0.25) is 17.6 Å². The monoisotopic (exact) mass is 321 g/mol. The number of ether oxygens (including phenoxy) is 1. The third kappa shape index (κ3) is 3.53. The van der Waals surface area contributed by atoms with Crippen LogP contribution in [0, 0.1) is 0 Å². The number of hydrogen-bond donors (Lipinski definition) is 0. The normalized spacial score (nSPS) is 18.6. The first kappa shape index (κ1) is 15.2. The highest BCUT2D eigenvalue weighted by Gasteiger charge is 2.23. The van der Waals surface area contributed by atoms with Gasteiger partial charge in [-0.05, 0) is 24.8 Å². The first-order valence-corrected chi connectivity index (χ1v) is 8.35. The van der Waals surface area contributed by atoms with Crippen LogP contribution < -0.4 is 0 Å². The number of aryl methyl sites for hydroxylation is 1. The minimum atomic E-state index is 0.162. The Kier molecular flexibility index (Phi) is 4.84. The number of amides is 1. The smallest absolute Gasteiger partial charge is 0.226 e. The number of nitrogens with zero attached hydrogens (tertiary/aromatic N) is 3. The number of rotatable bonds is 5. The fraction of sp³-hybridized carbons (Fsp3) is 0.533. The van der Waals surface area contributed by atoms with Gasteiger partial charge in [-0.15, -0.1) is 11.3 Å². The van der Waals surface area contributed by atoms with E-state index in [1.165, 1.54) is 0 Å². The highest BCUT2D eigenvalue weighted by Crippen LogP contribution is 2.21. The highest BCUT2D eigenvalue weighted by molar-refractivity contribution is 7.13. The predicted molar refractivity (Wildman–Crippen MR) is 82.5 cm³/mol. The molecule has 0 aliphatic carbocycles. The van der Waals surface area contributed by atoms with Crippen molar-refractivity contribution >= 4 is 17.2 Å². The van der Waals surface area contributed by atoms with Crippen LogP contribution in [0.2, 0.25) is 0 Å². The summed E-state index contributed by atoms with van der Waals surface area (Å²) in [5, 5.41) is 5.95. The summed E-state index contributed by atoms with van der Waals surface area (Å²) < 4.78 is 10.6. The van der Waals surface area contributed by atoms with Crippen LogP contribution in [0.1, 0.15) is 25.7 Å². The molecule has 0 N–H and O–H groups in total. The van der Waals surface area contributed by atoms with Crippen LogP contribution in [-0.2, 0) is 16.0 Å². The van der Waals surface area contributed by atoms with Gasteiger partial charge in [-0.1, -0.05) is 11.2 Å². The zero-order chi connectivity index (χ0) is 15.4. The SMILES string of the molecule is C[C@@H]1COCCN1C(=O)CCCc1nc(-c2cccs2)no1. The summed E-state index contributed by atoms with van der Waals surface area (Å²) in [6.45, 7) is 3.95. The zero-order valence-corrected chi connectivity index (χ0v) is 13.3. The number of carbonyl (C=O) groups is 1. The van der Waals surface area contributed by atoms with Gasteiger partial charge in [-0.25, -0.2) is 0 Å². The second kappa shape index (κ2) is 7.02. The summed E-state index contributed by atoms with van der Waals surface area (Å²) in [6.07, 6.45) is 1.85. The van der Waals surface area contributed by atoms with E-state index in [-0.39, 0.29) is 11.9 Å². The molecule has 0 radical (unpaired) electrons. The molecule has 0 unspecified atom stereocenters. The molecule has 2 aromatic rings. The van der Waals surface area contributed by atoms with Crippen molar-refractivity contribution in [1.29, 1.82) is 0 Å². The molecule has 2 aromatic heterocycles. The molecule has 6 nitrogen and oxygen atoms in total. The van der Waals surface area contributed by atoms with Crippen molar-refractivity contribution in [3.05, 3.63) is 23.4 Å². The maximum Gasteiger partial charge on any atom is 0.226 e. The molecule has 1 aliphatic rings. The topological polar surface area (TPSA) is 68.5 Å². The van der Waals surface area contributed by atoms with E-state index in [1.807, 2.05) is 29.3 Å². The van der Waals surface area contributed by atoms with Crippen LogP contribution in [0.3, 0.4) is 0 Å². The van der Waals surface area contributed by atoms with Crippen LogP contribution in [-0.4, -0.2) is 46.7 Å². The van der Waals surface area contributed by atoms with Crippen molar-refractivity contribution in [2.75, 3.05) is 19.8 Å². The Hall–Kier alpha value is -1.73. The van der Waals surface area contributed by atoms with Crippen LogP contribution in [0.5, 0.6) is 0 Å². The Morgan fingerprint density at radius 2 is 2.45 bits per heavy atom. The Balaban J connectivity index is 1.48. The van der Waals surface area contributed by atoms with Crippen molar-refractivity contribution in [2.45, 2.75) is 32.2 Å². The average Bonchev–Trinajstić information content (AvgIpc) is 3.18. The molecular weight excluding hydrogens is 302 g/mol. The Bertz CT molecular complexity index is 611. The summed E-state index contributed by atoms with van der Waals surface area (Å²) in [7, 11) is 0. The molecule has 0 spiro atoms. The second-order valence-electron chi connectivity index (χ2n) is 5.35. The van der Waals surface area contributed by atoms with Crippen molar-refractivity contribution in [3.63, 3.8) is 0 Å². The summed E-state index contributed by atoms with van der Waals surface area (Å²) in [6, 6.07) is 4.08. The van der Waals surface area contributed by atoms with E-state index < -0.39 is 0 Å². The number of hydrogen-bond acceptors (Lipinski definition) is 6. The molecule has 1 fully saturated rings. The molecule has 0 bridgehead atoms. The summed E-state index contributed by atoms with van der Waals surface area (Å²) in [5.41, 5.74) is 0. The fourth-order valence-corrected chi connectivity index (χ4v) is 3.14. The van der Waals surface area contributed by atoms with E-state index in [1.54, 1.807) is 11.3 Å². The maximum atomic E-state index is 12.2. The van der Waals surface area contributed by atoms with Crippen molar-refractivity contribution in [3.8, 4) is 10.7 Å². The van der Waals surface area contributed by atoms with E-state index in [4.69, 9.17) is 9.26 Å². The molecular formula is C15H19N3O3S. The largest absolute Gasteiger partial charge is 0.377 e. The van der Waals surface area contributed by atoms with Gasteiger partial charge in [-0.2, -0.15) is 4.98 Å². The second-order valence-corrected chi connectivity index (χ2v) is 6.30. The molecule has 3 rings (SSSR count). The van der Waals surface area contributed by atoms with Crippen LogP contribution in [0.15, 0.2) is 22.0 Å². The van der Waals surface area contributed by atoms with Crippen LogP contribution in [0.25, 0.3) is 10.7 Å². The highest BCUT2D eigenvalue weighted by atomic mass is 32.1. The molecule has 1 atom stereocenters. The number of carbonyl (C=O) groups excluding carboxylic acids is 1. The van der Waals surface area contributed by atoms with E-state index in [9.17, 15) is 4.79 Å². The number of thiophene rings is 1. The van der Waals surface area contributed by atoms with E-state index in [0.29, 0.717) is 44.3 Å². The minimum Gasteiger partial charge on any atom is -0.377 e. The van der Waals surface area contributed by atoms with Gasteiger partial charge < -0.3 is 14.2 Å². The standard InChI is InChI=1S/C15H19N3O3S/c1-11-10-20-8-7-18(11)14(19)6-2-5-13-16-15(17-21-13)12-4-3-9-22-12/h3-4,9,11H,2,5-8,10H2,1H3/t11-/m1/s1. The molecule has 0 aromatic carbocycles. The van der Waals surface area contributed by atoms with Crippen molar-refractivity contribution in [2.24, 2.45) is 0 Å². The first-order valence-electron chi connectivity index (χ1n) is 7.47. The predicted octanol–water partition coefficient (Wildman–Crippen LogP) is 2.37. The van der Waals surface area contributed by atoms with Gasteiger partial charge in [0.1, 0.15) is 0 Å². The number of morpholine rings is 1. The molecule has 3 heterocycles. The Labute approximate surface area is 133 Å². The lowest BCUT2D eigenvalue weighted by atomic mass is 10.2. The van der Waals surface area contributed by atoms with E-state index in [2.05, 4.69) is 10.1 Å². The Morgan fingerprint density at radius 1 is 1.55 bits per heavy atom. The lowest BCUT2D eigenvalue weighted by Gasteiger charge is -2.33. The lowest BCUT2D eigenvalue weighted by molar-refractivity contribution is -0.139. The summed E-state index contributed by atoms with van der Waals surface area (Å²) in [5.74, 6) is 1.39. The third-order valence-corrected chi connectivity index (χ3v) is 4.54. The van der Waals surface area contributed by atoms with Crippen LogP contribution in [0.4, 0.5) is 0 Å². The first-order chi connectivity index (χ1) is 10.7. The van der Waals surface area contributed by atoms with Crippen molar-refractivity contribution < 1.29 is 14.1 Å². The minimum absolute atomic E-state index is 0.162. The van der Waals surface area contributed by atoms with E-state index in [0.717, 1.165) is 11.3 Å². The summed E-state index contributed by atoms with van der Waals surface area (Å²) >= 11 is 1.58. The number of aromatic nitrogens is 2. The maximum absolute atomic E-state index is 12.2. The molecule has 1 amide bonds. The average molecular weight is 321 g/mol. The van der Waals surface area contributed by atoms with Crippen molar-refractivity contribution in [1.82, 2.24) is 15.0 Å². The fourth-order valence-electron chi connectivity index (χ4n) is 2.49. The molecule has 1 saturated heterocycles. The Morgan fingerprint density at radius 3 is 3.23 bits per heavy atom. The molecule has 7 heteroatoms. The summed E-state index contributed by atoms with van der Waals surface area (Å²) in [4.78, 5) is 19.5.